The fraction of sp³-hybridized carbons (Fsp3) is 0.364. The van der Waals surface area contributed by atoms with Crippen LogP contribution >= 0.6 is 0 Å². The van der Waals surface area contributed by atoms with Crippen LogP contribution in [0, 0.1) is 11.6 Å². The van der Waals surface area contributed by atoms with Gasteiger partial charge < -0.3 is 10.1 Å². The van der Waals surface area contributed by atoms with Gasteiger partial charge in [0, 0.05) is 13.1 Å². The number of ether oxygens (including phenoxy) is 1. The number of hydrogen-bond donors (Lipinski definition) is 1. The lowest BCUT2D eigenvalue weighted by Crippen LogP contribution is -2.43. The van der Waals surface area contributed by atoms with E-state index in [2.05, 4.69) is 5.32 Å². The van der Waals surface area contributed by atoms with Crippen molar-refractivity contribution in [1.82, 2.24) is 5.32 Å². The summed E-state index contributed by atoms with van der Waals surface area (Å²) in [7, 11) is 0. The van der Waals surface area contributed by atoms with Gasteiger partial charge in [-0.1, -0.05) is 6.07 Å². The van der Waals surface area contributed by atoms with E-state index < -0.39 is 23.5 Å². The zero-order valence-electron chi connectivity index (χ0n) is 8.50. The molecule has 3 nitrogen and oxygen atoms in total. The lowest BCUT2D eigenvalue weighted by molar-refractivity contribution is 0.0265. The Morgan fingerprint density at radius 3 is 2.94 bits per heavy atom. The Bertz CT molecular complexity index is 403. The summed E-state index contributed by atoms with van der Waals surface area (Å²) in [5, 5.41) is 2.96. The van der Waals surface area contributed by atoms with Crippen LogP contribution in [0.5, 0.6) is 0 Å². The predicted octanol–water partition coefficient (Wildman–Crippen LogP) is 1.14. The Hall–Kier alpha value is -1.33. The zero-order valence-corrected chi connectivity index (χ0v) is 8.50. The number of rotatable bonds is 2. The summed E-state index contributed by atoms with van der Waals surface area (Å²) in [6.07, 6.45) is -0.731. The third-order valence-electron chi connectivity index (χ3n) is 2.44. The molecule has 0 spiro atoms. The molecule has 1 heterocycles. The molecule has 2 rings (SSSR count). The molecule has 1 aliphatic rings. The zero-order chi connectivity index (χ0) is 11.5. The first-order valence-electron chi connectivity index (χ1n) is 5.00. The second kappa shape index (κ2) is 4.67. The summed E-state index contributed by atoms with van der Waals surface area (Å²) in [5.74, 6) is -2.65. The predicted molar refractivity (Wildman–Crippen MR) is 53.3 cm³/mol. The lowest BCUT2D eigenvalue weighted by Gasteiger charge is -2.22. The monoisotopic (exact) mass is 227 g/mol. The van der Waals surface area contributed by atoms with E-state index >= 15 is 0 Å². The van der Waals surface area contributed by atoms with Crippen LogP contribution in [0.25, 0.3) is 0 Å². The van der Waals surface area contributed by atoms with Crippen LogP contribution in [-0.4, -0.2) is 31.6 Å². The van der Waals surface area contributed by atoms with Crippen LogP contribution < -0.4 is 5.32 Å². The average molecular weight is 227 g/mol. The van der Waals surface area contributed by atoms with Crippen molar-refractivity contribution in [1.29, 1.82) is 0 Å². The SMILES string of the molecule is O=C(c1cccc(F)c1F)C1CNCCO1. The molecule has 0 aromatic heterocycles. The van der Waals surface area contributed by atoms with Gasteiger partial charge in [-0.3, -0.25) is 4.79 Å². The van der Waals surface area contributed by atoms with E-state index in [-0.39, 0.29) is 5.56 Å². The molecule has 1 fully saturated rings. The van der Waals surface area contributed by atoms with Gasteiger partial charge in [-0.05, 0) is 12.1 Å². The average Bonchev–Trinajstić information content (AvgIpc) is 2.33. The van der Waals surface area contributed by atoms with Crippen LogP contribution in [0.4, 0.5) is 8.78 Å². The molecular weight excluding hydrogens is 216 g/mol. The van der Waals surface area contributed by atoms with Gasteiger partial charge in [0.15, 0.2) is 17.4 Å². The van der Waals surface area contributed by atoms with Crippen molar-refractivity contribution in [2.75, 3.05) is 19.7 Å². The topological polar surface area (TPSA) is 38.3 Å². The first kappa shape index (κ1) is 11.2. The first-order valence-corrected chi connectivity index (χ1v) is 5.00. The Balaban J connectivity index is 2.22. The van der Waals surface area contributed by atoms with Crippen molar-refractivity contribution in [3.63, 3.8) is 0 Å². The summed E-state index contributed by atoms with van der Waals surface area (Å²) in [4.78, 5) is 11.8. The van der Waals surface area contributed by atoms with Crippen LogP contribution in [0.1, 0.15) is 10.4 Å². The van der Waals surface area contributed by atoms with Crippen molar-refractivity contribution < 1.29 is 18.3 Å². The molecule has 1 aromatic carbocycles. The maximum absolute atomic E-state index is 13.3. The summed E-state index contributed by atoms with van der Waals surface area (Å²) >= 11 is 0. The molecule has 1 aliphatic heterocycles. The van der Waals surface area contributed by atoms with E-state index in [0.29, 0.717) is 19.7 Å². The van der Waals surface area contributed by atoms with E-state index in [9.17, 15) is 13.6 Å². The van der Waals surface area contributed by atoms with Gasteiger partial charge in [-0.15, -0.1) is 0 Å². The van der Waals surface area contributed by atoms with E-state index in [1.165, 1.54) is 12.1 Å². The molecule has 0 radical (unpaired) electrons. The van der Waals surface area contributed by atoms with Crippen molar-refractivity contribution in [2.24, 2.45) is 0 Å². The number of halogens is 2. The smallest absolute Gasteiger partial charge is 0.195 e. The van der Waals surface area contributed by atoms with Gasteiger partial charge in [0.25, 0.3) is 0 Å². The molecule has 5 heteroatoms. The Morgan fingerprint density at radius 1 is 1.44 bits per heavy atom. The van der Waals surface area contributed by atoms with Gasteiger partial charge in [-0.2, -0.15) is 0 Å². The molecule has 1 aromatic rings. The molecule has 0 bridgehead atoms. The summed E-state index contributed by atoms with van der Waals surface area (Å²) in [5.41, 5.74) is -0.256. The van der Waals surface area contributed by atoms with E-state index in [0.717, 1.165) is 6.07 Å². The number of benzene rings is 1. The number of hydrogen-bond acceptors (Lipinski definition) is 3. The van der Waals surface area contributed by atoms with Crippen molar-refractivity contribution in [3.05, 3.63) is 35.4 Å². The standard InChI is InChI=1S/C11H11F2NO2/c12-8-3-1-2-7(10(8)13)11(15)9-6-14-4-5-16-9/h1-3,9,14H,4-6H2. The van der Waals surface area contributed by atoms with Gasteiger partial charge >= 0.3 is 0 Å². The van der Waals surface area contributed by atoms with E-state index in [1.54, 1.807) is 0 Å². The highest BCUT2D eigenvalue weighted by Gasteiger charge is 2.26. The summed E-state index contributed by atoms with van der Waals surface area (Å²) in [6.45, 7) is 1.39. The minimum Gasteiger partial charge on any atom is -0.367 e. The van der Waals surface area contributed by atoms with Crippen molar-refractivity contribution in [3.8, 4) is 0 Å². The first-order chi connectivity index (χ1) is 7.70. The molecular formula is C11H11F2NO2. The number of carbonyl (C=O) groups is 1. The molecule has 1 unspecified atom stereocenters. The number of carbonyl (C=O) groups excluding carboxylic acids is 1. The molecule has 1 saturated heterocycles. The van der Waals surface area contributed by atoms with Crippen molar-refractivity contribution >= 4 is 5.78 Å². The third-order valence-corrected chi connectivity index (χ3v) is 2.44. The van der Waals surface area contributed by atoms with Gasteiger partial charge in [0.1, 0.15) is 6.10 Å². The van der Waals surface area contributed by atoms with Crippen LogP contribution in [-0.2, 0) is 4.74 Å². The minimum atomic E-state index is -1.11. The molecule has 1 N–H and O–H groups in total. The third kappa shape index (κ3) is 2.10. The Morgan fingerprint density at radius 2 is 2.25 bits per heavy atom. The number of morpholine rings is 1. The second-order valence-corrected chi connectivity index (χ2v) is 3.53. The molecule has 1 atom stereocenters. The normalized spacial score (nSPS) is 20.8. The maximum Gasteiger partial charge on any atom is 0.195 e. The maximum atomic E-state index is 13.3. The summed E-state index contributed by atoms with van der Waals surface area (Å²) in [6, 6.07) is 3.55. The molecule has 86 valence electrons. The largest absolute Gasteiger partial charge is 0.367 e. The lowest BCUT2D eigenvalue weighted by atomic mass is 10.0. The molecule has 0 saturated carbocycles. The Labute approximate surface area is 91.4 Å². The number of ketones is 1. The number of Topliss-reactive ketones (excluding diaryl/α,β-unsaturated/α-hetero) is 1. The van der Waals surface area contributed by atoms with E-state index in [1.807, 2.05) is 0 Å². The van der Waals surface area contributed by atoms with Gasteiger partial charge in [0.2, 0.25) is 0 Å². The molecule has 0 aliphatic carbocycles. The number of nitrogens with one attached hydrogen (secondary N) is 1. The quantitative estimate of drug-likeness (QED) is 0.770. The van der Waals surface area contributed by atoms with Gasteiger partial charge in [0.05, 0.1) is 12.2 Å². The highest BCUT2D eigenvalue weighted by Crippen LogP contribution is 2.15. The fourth-order valence-electron chi connectivity index (χ4n) is 1.60. The van der Waals surface area contributed by atoms with Gasteiger partial charge in [-0.25, -0.2) is 8.78 Å². The minimum absolute atomic E-state index is 0.256. The Kier molecular flexibility index (Phi) is 3.26. The van der Waals surface area contributed by atoms with Crippen LogP contribution in [0.3, 0.4) is 0 Å². The van der Waals surface area contributed by atoms with Crippen LogP contribution in [0.15, 0.2) is 18.2 Å². The summed E-state index contributed by atoms with van der Waals surface area (Å²) < 4.78 is 31.4. The highest BCUT2D eigenvalue weighted by atomic mass is 19.2. The molecule has 0 amide bonds. The van der Waals surface area contributed by atoms with Crippen LogP contribution in [0.2, 0.25) is 0 Å². The van der Waals surface area contributed by atoms with E-state index in [4.69, 9.17) is 4.74 Å². The fourth-order valence-corrected chi connectivity index (χ4v) is 1.60. The second-order valence-electron chi connectivity index (χ2n) is 3.53. The molecule has 16 heavy (non-hydrogen) atoms. The van der Waals surface area contributed by atoms with Crippen molar-refractivity contribution in [2.45, 2.75) is 6.10 Å². The highest BCUT2D eigenvalue weighted by molar-refractivity contribution is 6.00.